The van der Waals surface area contributed by atoms with Gasteiger partial charge in [0.2, 0.25) is 0 Å². The smallest absolute Gasteiger partial charge is 0.251 e. The summed E-state index contributed by atoms with van der Waals surface area (Å²) in [6.07, 6.45) is 3.46. The van der Waals surface area contributed by atoms with Gasteiger partial charge in [0.05, 0.1) is 14.1 Å². The minimum Gasteiger partial charge on any atom is -0.348 e. The molecule has 24 heavy (non-hydrogen) atoms. The fourth-order valence-electron chi connectivity index (χ4n) is 2.76. The first kappa shape index (κ1) is 18.2. The standard InChI is InChI=1S/C21H28N2O/c1-4-5-8-17-11-13-18(14-12-17)21(24)22-15-19-9-6-7-10-20(19)16-23(2)3/h6-7,9-14H,4-5,8,15-16H2,1-3H3,(H,22,24)/p+1. The van der Waals surface area contributed by atoms with Crippen LogP contribution in [-0.4, -0.2) is 20.0 Å². The average molecular weight is 325 g/mol. The molecule has 0 aliphatic carbocycles. The summed E-state index contributed by atoms with van der Waals surface area (Å²) in [5, 5.41) is 3.04. The molecule has 128 valence electrons. The van der Waals surface area contributed by atoms with Crippen LogP contribution in [0.25, 0.3) is 0 Å². The van der Waals surface area contributed by atoms with Gasteiger partial charge in [-0.15, -0.1) is 0 Å². The molecule has 0 saturated heterocycles. The Morgan fingerprint density at radius 1 is 1.00 bits per heavy atom. The molecule has 0 fully saturated rings. The average Bonchev–Trinajstić information content (AvgIpc) is 2.59. The van der Waals surface area contributed by atoms with E-state index in [-0.39, 0.29) is 5.91 Å². The van der Waals surface area contributed by atoms with Crippen molar-refractivity contribution in [2.45, 2.75) is 39.3 Å². The van der Waals surface area contributed by atoms with Gasteiger partial charge < -0.3 is 10.2 Å². The van der Waals surface area contributed by atoms with Crippen molar-refractivity contribution in [2.75, 3.05) is 14.1 Å². The zero-order chi connectivity index (χ0) is 17.4. The van der Waals surface area contributed by atoms with E-state index in [1.54, 1.807) is 0 Å². The van der Waals surface area contributed by atoms with Gasteiger partial charge in [0.15, 0.2) is 0 Å². The summed E-state index contributed by atoms with van der Waals surface area (Å²) in [5.41, 5.74) is 4.50. The van der Waals surface area contributed by atoms with Crippen LogP contribution in [0, 0.1) is 0 Å². The Bertz CT molecular complexity index is 647. The summed E-state index contributed by atoms with van der Waals surface area (Å²) in [6.45, 7) is 3.72. The Morgan fingerprint density at radius 3 is 2.29 bits per heavy atom. The van der Waals surface area contributed by atoms with Crippen LogP contribution < -0.4 is 10.2 Å². The molecule has 0 bridgehead atoms. The minimum absolute atomic E-state index is 0.0101. The molecule has 2 aromatic carbocycles. The number of hydrogen-bond donors (Lipinski definition) is 2. The van der Waals surface area contributed by atoms with E-state index in [1.165, 1.54) is 34.4 Å². The first-order valence-electron chi connectivity index (χ1n) is 8.83. The molecular weight excluding hydrogens is 296 g/mol. The number of amides is 1. The van der Waals surface area contributed by atoms with Crippen molar-refractivity contribution in [2.24, 2.45) is 0 Å². The second kappa shape index (κ2) is 9.24. The molecule has 0 unspecified atom stereocenters. The summed E-state index contributed by atoms with van der Waals surface area (Å²) in [5.74, 6) is -0.0101. The molecule has 3 nitrogen and oxygen atoms in total. The van der Waals surface area contributed by atoms with Gasteiger partial charge in [-0.3, -0.25) is 4.79 Å². The quantitative estimate of drug-likeness (QED) is 0.768. The summed E-state index contributed by atoms with van der Waals surface area (Å²) in [4.78, 5) is 13.7. The summed E-state index contributed by atoms with van der Waals surface area (Å²) < 4.78 is 0. The van der Waals surface area contributed by atoms with Gasteiger partial charge in [0.1, 0.15) is 6.54 Å². The number of hydrogen-bond acceptors (Lipinski definition) is 1. The van der Waals surface area contributed by atoms with Crippen molar-refractivity contribution < 1.29 is 9.69 Å². The third kappa shape index (κ3) is 5.50. The molecule has 0 heterocycles. The summed E-state index contributed by atoms with van der Waals surface area (Å²) in [6, 6.07) is 16.3. The molecule has 0 radical (unpaired) electrons. The normalized spacial score (nSPS) is 10.8. The van der Waals surface area contributed by atoms with Gasteiger partial charge in [-0.2, -0.15) is 0 Å². The Kier molecular flexibility index (Phi) is 7.01. The minimum atomic E-state index is -0.0101. The third-order valence-electron chi connectivity index (χ3n) is 4.14. The van der Waals surface area contributed by atoms with Crippen molar-refractivity contribution in [3.8, 4) is 0 Å². The largest absolute Gasteiger partial charge is 0.348 e. The maximum absolute atomic E-state index is 12.4. The second-order valence-corrected chi connectivity index (χ2v) is 6.64. The molecule has 0 spiro atoms. The van der Waals surface area contributed by atoms with Gasteiger partial charge in [-0.25, -0.2) is 0 Å². The van der Waals surface area contributed by atoms with Gasteiger partial charge in [-0.1, -0.05) is 49.7 Å². The molecule has 0 aromatic heterocycles. The zero-order valence-electron chi connectivity index (χ0n) is 15.1. The highest BCUT2D eigenvalue weighted by atomic mass is 16.1. The molecule has 0 saturated carbocycles. The van der Waals surface area contributed by atoms with E-state index in [1.807, 2.05) is 18.2 Å². The van der Waals surface area contributed by atoms with E-state index in [9.17, 15) is 4.79 Å². The second-order valence-electron chi connectivity index (χ2n) is 6.64. The number of quaternary nitrogens is 1. The third-order valence-corrected chi connectivity index (χ3v) is 4.14. The predicted octanol–water partition coefficient (Wildman–Crippen LogP) is 2.60. The molecule has 2 rings (SSSR count). The number of carbonyl (C=O) groups is 1. The molecular formula is C21H29N2O+. The fourth-order valence-corrected chi connectivity index (χ4v) is 2.76. The van der Waals surface area contributed by atoms with E-state index in [0.29, 0.717) is 6.54 Å². The van der Waals surface area contributed by atoms with E-state index >= 15 is 0 Å². The predicted molar refractivity (Wildman–Crippen MR) is 99.2 cm³/mol. The van der Waals surface area contributed by atoms with E-state index < -0.39 is 0 Å². The SMILES string of the molecule is CCCCc1ccc(C(=O)NCc2ccccc2C[NH+](C)C)cc1. The number of carbonyl (C=O) groups excluding carboxylic acids is 1. The lowest BCUT2D eigenvalue weighted by molar-refractivity contribution is -0.872. The van der Waals surface area contributed by atoms with Gasteiger partial charge in [0.25, 0.3) is 5.91 Å². The van der Waals surface area contributed by atoms with Crippen molar-refractivity contribution in [1.29, 1.82) is 0 Å². The molecule has 0 aliphatic heterocycles. The number of benzene rings is 2. The molecule has 3 heteroatoms. The lowest BCUT2D eigenvalue weighted by atomic mass is 10.1. The van der Waals surface area contributed by atoms with Gasteiger partial charge in [0, 0.05) is 17.7 Å². The zero-order valence-corrected chi connectivity index (χ0v) is 15.1. The van der Waals surface area contributed by atoms with E-state index in [2.05, 4.69) is 56.7 Å². The van der Waals surface area contributed by atoms with Crippen molar-refractivity contribution in [3.05, 3.63) is 70.8 Å². The van der Waals surface area contributed by atoms with E-state index in [0.717, 1.165) is 18.5 Å². The van der Waals surface area contributed by atoms with Crippen LogP contribution in [-0.2, 0) is 19.5 Å². The Hall–Kier alpha value is -2.13. The van der Waals surface area contributed by atoms with Gasteiger partial charge >= 0.3 is 0 Å². The van der Waals surface area contributed by atoms with Crippen molar-refractivity contribution >= 4 is 5.91 Å². The van der Waals surface area contributed by atoms with Crippen LogP contribution >= 0.6 is 0 Å². The van der Waals surface area contributed by atoms with Crippen LogP contribution in [0.4, 0.5) is 0 Å². The topological polar surface area (TPSA) is 33.5 Å². The van der Waals surface area contributed by atoms with Crippen molar-refractivity contribution in [3.63, 3.8) is 0 Å². The van der Waals surface area contributed by atoms with Crippen LogP contribution in [0.2, 0.25) is 0 Å². The molecule has 0 atom stereocenters. The first-order valence-corrected chi connectivity index (χ1v) is 8.83. The number of nitrogens with one attached hydrogen (secondary N) is 2. The highest BCUT2D eigenvalue weighted by molar-refractivity contribution is 5.94. The van der Waals surface area contributed by atoms with E-state index in [4.69, 9.17) is 0 Å². The van der Waals surface area contributed by atoms with Gasteiger partial charge in [-0.05, 0) is 36.1 Å². The lowest BCUT2D eigenvalue weighted by Crippen LogP contribution is -3.04. The maximum Gasteiger partial charge on any atom is 0.251 e. The molecule has 2 aromatic rings. The van der Waals surface area contributed by atoms with Crippen LogP contribution in [0.15, 0.2) is 48.5 Å². The molecule has 0 aliphatic rings. The fraction of sp³-hybridized carbons (Fsp3) is 0.381. The van der Waals surface area contributed by atoms with Crippen LogP contribution in [0.3, 0.4) is 0 Å². The highest BCUT2D eigenvalue weighted by Gasteiger charge is 2.09. The number of rotatable bonds is 8. The Morgan fingerprint density at radius 2 is 1.67 bits per heavy atom. The number of aryl methyl sites for hydroxylation is 1. The maximum atomic E-state index is 12.4. The molecule has 2 N–H and O–H groups in total. The summed E-state index contributed by atoms with van der Waals surface area (Å²) >= 11 is 0. The summed E-state index contributed by atoms with van der Waals surface area (Å²) in [7, 11) is 4.27. The van der Waals surface area contributed by atoms with Crippen LogP contribution in [0.5, 0.6) is 0 Å². The monoisotopic (exact) mass is 325 g/mol. The van der Waals surface area contributed by atoms with Crippen molar-refractivity contribution in [1.82, 2.24) is 5.32 Å². The lowest BCUT2D eigenvalue weighted by Gasteiger charge is -2.13. The van der Waals surface area contributed by atoms with Crippen LogP contribution in [0.1, 0.15) is 46.8 Å². The number of unbranched alkanes of at least 4 members (excludes halogenated alkanes) is 1. The molecule has 1 amide bonds. The highest BCUT2D eigenvalue weighted by Crippen LogP contribution is 2.10. The Labute approximate surface area is 145 Å². The Balaban J connectivity index is 1.96. The first-order chi connectivity index (χ1) is 11.6.